The number of nitro groups is 1. The minimum absolute atomic E-state index is 0.0401. The first-order chi connectivity index (χ1) is 9.06. The molecule has 1 saturated heterocycles. The molecule has 1 aromatic heterocycles. The van der Waals surface area contributed by atoms with Crippen molar-refractivity contribution in [3.05, 3.63) is 27.4 Å². The average molecular weight is 286 g/mol. The van der Waals surface area contributed by atoms with E-state index < -0.39 is 4.92 Å². The van der Waals surface area contributed by atoms with Gasteiger partial charge in [0, 0.05) is 20.2 Å². The second-order valence-corrected chi connectivity index (χ2v) is 5.11. The summed E-state index contributed by atoms with van der Waals surface area (Å²) in [7, 11) is 1.86. The van der Waals surface area contributed by atoms with Crippen LogP contribution in [-0.2, 0) is 4.74 Å². The Balaban J connectivity index is 2.09. The number of hydrogen-bond donors (Lipinski definition) is 0. The van der Waals surface area contributed by atoms with Gasteiger partial charge in [0.05, 0.1) is 23.7 Å². The number of halogens is 1. The first-order valence-corrected chi connectivity index (χ1v) is 6.55. The minimum atomic E-state index is -0.464. The van der Waals surface area contributed by atoms with Crippen LogP contribution in [0.4, 0.5) is 11.5 Å². The molecule has 2 heterocycles. The van der Waals surface area contributed by atoms with Gasteiger partial charge in [0.2, 0.25) is 0 Å². The fourth-order valence-corrected chi connectivity index (χ4v) is 2.40. The maximum absolute atomic E-state index is 10.8. The second kappa shape index (κ2) is 6.16. The van der Waals surface area contributed by atoms with Gasteiger partial charge in [0.15, 0.2) is 0 Å². The van der Waals surface area contributed by atoms with Crippen LogP contribution in [0.3, 0.4) is 0 Å². The Bertz CT molecular complexity index is 464. The molecular weight excluding hydrogens is 270 g/mol. The van der Waals surface area contributed by atoms with Gasteiger partial charge in [-0.3, -0.25) is 10.1 Å². The average Bonchev–Trinajstić information content (AvgIpc) is 2.39. The highest BCUT2D eigenvalue weighted by molar-refractivity contribution is 6.29. The van der Waals surface area contributed by atoms with Gasteiger partial charge in [0.1, 0.15) is 11.0 Å². The van der Waals surface area contributed by atoms with Gasteiger partial charge in [-0.05, 0) is 18.8 Å². The van der Waals surface area contributed by atoms with E-state index in [9.17, 15) is 10.1 Å². The van der Waals surface area contributed by atoms with Crippen molar-refractivity contribution in [1.82, 2.24) is 4.98 Å². The molecule has 0 N–H and O–H groups in total. The number of aromatic nitrogens is 1. The molecule has 0 bridgehead atoms. The monoisotopic (exact) mass is 285 g/mol. The lowest BCUT2D eigenvalue weighted by molar-refractivity contribution is -0.384. The quantitative estimate of drug-likeness (QED) is 0.483. The zero-order valence-electron chi connectivity index (χ0n) is 10.7. The summed E-state index contributed by atoms with van der Waals surface area (Å²) >= 11 is 5.81. The number of rotatable bonds is 4. The lowest BCUT2D eigenvalue weighted by Crippen LogP contribution is -2.31. The van der Waals surface area contributed by atoms with Gasteiger partial charge < -0.3 is 9.64 Å². The molecule has 6 nitrogen and oxygen atoms in total. The van der Waals surface area contributed by atoms with Crippen molar-refractivity contribution in [2.45, 2.75) is 12.8 Å². The summed E-state index contributed by atoms with van der Waals surface area (Å²) in [4.78, 5) is 16.3. The Labute approximate surface area is 116 Å². The highest BCUT2D eigenvalue weighted by atomic mass is 35.5. The molecule has 0 saturated carbocycles. The zero-order chi connectivity index (χ0) is 13.8. The summed E-state index contributed by atoms with van der Waals surface area (Å²) in [5, 5.41) is 10.9. The van der Waals surface area contributed by atoms with Crippen molar-refractivity contribution >= 4 is 23.1 Å². The van der Waals surface area contributed by atoms with Crippen LogP contribution >= 0.6 is 11.6 Å². The van der Waals surface area contributed by atoms with Crippen molar-refractivity contribution in [2.24, 2.45) is 5.92 Å². The van der Waals surface area contributed by atoms with Gasteiger partial charge in [-0.15, -0.1) is 0 Å². The van der Waals surface area contributed by atoms with Gasteiger partial charge >= 0.3 is 0 Å². The number of nitrogens with zero attached hydrogens (tertiary/aromatic N) is 3. The van der Waals surface area contributed by atoms with E-state index >= 15 is 0 Å². The first-order valence-electron chi connectivity index (χ1n) is 6.17. The Hall–Kier alpha value is -1.40. The first kappa shape index (κ1) is 14.0. The Morgan fingerprint density at radius 3 is 3.05 bits per heavy atom. The van der Waals surface area contributed by atoms with Crippen LogP contribution in [-0.4, -0.2) is 36.7 Å². The van der Waals surface area contributed by atoms with Crippen LogP contribution in [0.25, 0.3) is 0 Å². The molecule has 1 aliphatic rings. The molecule has 1 fully saturated rings. The number of anilines is 1. The van der Waals surface area contributed by atoms with Crippen LogP contribution in [0.2, 0.25) is 5.15 Å². The maximum atomic E-state index is 10.8. The van der Waals surface area contributed by atoms with E-state index in [0.29, 0.717) is 11.7 Å². The molecule has 0 amide bonds. The summed E-state index contributed by atoms with van der Waals surface area (Å²) in [6.07, 6.45) is 2.16. The van der Waals surface area contributed by atoms with Gasteiger partial charge in [-0.2, -0.15) is 0 Å². The molecule has 7 heteroatoms. The van der Waals surface area contributed by atoms with E-state index in [2.05, 4.69) is 4.98 Å². The predicted octanol–water partition coefficient (Wildman–Crippen LogP) is 2.51. The van der Waals surface area contributed by atoms with E-state index in [1.807, 2.05) is 11.9 Å². The summed E-state index contributed by atoms with van der Waals surface area (Å²) in [6, 6.07) is 2.69. The summed E-state index contributed by atoms with van der Waals surface area (Å²) in [5.41, 5.74) is -0.0401. The third-order valence-electron chi connectivity index (χ3n) is 3.15. The SMILES string of the molecule is CN(CC1CCCOC1)c1cc([N+](=O)[O-])cc(Cl)n1. The van der Waals surface area contributed by atoms with Crippen molar-refractivity contribution in [2.75, 3.05) is 31.7 Å². The molecule has 1 aromatic rings. The molecule has 0 aliphatic carbocycles. The topological polar surface area (TPSA) is 68.5 Å². The molecule has 0 aromatic carbocycles. The van der Waals surface area contributed by atoms with Crippen LogP contribution in [0.1, 0.15) is 12.8 Å². The van der Waals surface area contributed by atoms with Crippen molar-refractivity contribution in [1.29, 1.82) is 0 Å². The fraction of sp³-hybridized carbons (Fsp3) is 0.583. The number of pyridine rings is 1. The molecule has 0 spiro atoms. The third kappa shape index (κ3) is 3.78. The van der Waals surface area contributed by atoms with Gasteiger partial charge in [-0.1, -0.05) is 11.6 Å². The smallest absolute Gasteiger partial charge is 0.276 e. The largest absolute Gasteiger partial charge is 0.381 e. The molecule has 1 unspecified atom stereocenters. The Morgan fingerprint density at radius 2 is 2.42 bits per heavy atom. The summed E-state index contributed by atoms with van der Waals surface area (Å²) < 4.78 is 5.42. The van der Waals surface area contributed by atoms with Crippen LogP contribution in [0.5, 0.6) is 0 Å². The van der Waals surface area contributed by atoms with E-state index in [1.54, 1.807) is 0 Å². The Kier molecular flexibility index (Phi) is 4.55. The summed E-state index contributed by atoms with van der Waals surface area (Å²) in [5.74, 6) is 0.948. The molecule has 2 rings (SSSR count). The molecule has 1 atom stereocenters. The molecular formula is C12H16ClN3O3. The maximum Gasteiger partial charge on any atom is 0.276 e. The molecule has 1 aliphatic heterocycles. The molecule has 104 valence electrons. The van der Waals surface area contributed by atoms with Crippen molar-refractivity contribution in [3.8, 4) is 0 Å². The zero-order valence-corrected chi connectivity index (χ0v) is 11.5. The standard InChI is InChI=1S/C12H16ClN3O3/c1-15(7-9-3-2-4-19-8-9)12-6-10(16(17)18)5-11(13)14-12/h5-6,9H,2-4,7-8H2,1H3. The van der Waals surface area contributed by atoms with E-state index in [1.165, 1.54) is 12.1 Å². The highest BCUT2D eigenvalue weighted by Crippen LogP contribution is 2.24. The van der Waals surface area contributed by atoms with E-state index in [4.69, 9.17) is 16.3 Å². The van der Waals surface area contributed by atoms with Crippen molar-refractivity contribution < 1.29 is 9.66 Å². The number of ether oxygens (including phenoxy) is 1. The Morgan fingerprint density at radius 1 is 1.63 bits per heavy atom. The van der Waals surface area contributed by atoms with Crippen LogP contribution in [0.15, 0.2) is 12.1 Å². The molecule has 19 heavy (non-hydrogen) atoms. The normalized spacial score (nSPS) is 19.2. The van der Waals surface area contributed by atoms with E-state index in [-0.39, 0.29) is 10.8 Å². The van der Waals surface area contributed by atoms with Gasteiger partial charge in [0.25, 0.3) is 5.69 Å². The van der Waals surface area contributed by atoms with Crippen LogP contribution < -0.4 is 4.90 Å². The lowest BCUT2D eigenvalue weighted by atomic mass is 10.0. The third-order valence-corrected chi connectivity index (χ3v) is 3.35. The second-order valence-electron chi connectivity index (χ2n) is 4.73. The highest BCUT2D eigenvalue weighted by Gasteiger charge is 2.18. The predicted molar refractivity (Wildman–Crippen MR) is 72.7 cm³/mol. The van der Waals surface area contributed by atoms with Crippen LogP contribution in [0, 0.1) is 16.0 Å². The minimum Gasteiger partial charge on any atom is -0.381 e. The lowest BCUT2D eigenvalue weighted by Gasteiger charge is -2.27. The van der Waals surface area contributed by atoms with E-state index in [0.717, 1.165) is 32.6 Å². The number of hydrogen-bond acceptors (Lipinski definition) is 5. The summed E-state index contributed by atoms with van der Waals surface area (Å²) in [6.45, 7) is 2.30. The fourth-order valence-electron chi connectivity index (χ4n) is 2.20. The van der Waals surface area contributed by atoms with Crippen molar-refractivity contribution in [3.63, 3.8) is 0 Å². The molecule has 0 radical (unpaired) electrons. The van der Waals surface area contributed by atoms with Gasteiger partial charge in [-0.25, -0.2) is 4.98 Å².